The van der Waals surface area contributed by atoms with Gasteiger partial charge in [-0.25, -0.2) is 9.48 Å². The lowest BCUT2D eigenvalue weighted by Crippen LogP contribution is -2.22. The summed E-state index contributed by atoms with van der Waals surface area (Å²) in [4.78, 5) is 11.5. The lowest BCUT2D eigenvalue weighted by Gasteiger charge is -1.98. The fourth-order valence-electron chi connectivity index (χ4n) is 1.47. The molecule has 1 aliphatic rings. The van der Waals surface area contributed by atoms with Gasteiger partial charge in [0.1, 0.15) is 5.82 Å². The van der Waals surface area contributed by atoms with Crippen molar-refractivity contribution in [3.05, 3.63) is 16.3 Å². The average molecular weight is 167 g/mol. The number of nitrogens with zero attached hydrogens (tertiary/aromatic N) is 3. The van der Waals surface area contributed by atoms with Gasteiger partial charge in [0.05, 0.1) is 0 Å². The minimum Gasteiger partial charge on any atom is -0.276 e. The van der Waals surface area contributed by atoms with Crippen molar-refractivity contribution in [2.75, 3.05) is 0 Å². The maximum Gasteiger partial charge on any atom is 0.345 e. The summed E-state index contributed by atoms with van der Waals surface area (Å²) in [6.07, 6.45) is 3.11. The predicted molar refractivity (Wildman–Crippen MR) is 45.1 cm³/mol. The van der Waals surface area contributed by atoms with Gasteiger partial charge in [-0.15, -0.1) is 0 Å². The average Bonchev–Trinajstić information content (AvgIpc) is 2.82. The molecule has 1 aromatic rings. The largest absolute Gasteiger partial charge is 0.345 e. The van der Waals surface area contributed by atoms with Crippen LogP contribution in [0.15, 0.2) is 4.79 Å². The Hall–Kier alpha value is -1.06. The van der Waals surface area contributed by atoms with Crippen LogP contribution >= 0.6 is 0 Å². The van der Waals surface area contributed by atoms with E-state index in [1.165, 1.54) is 4.68 Å². The Kier molecular flexibility index (Phi) is 1.56. The van der Waals surface area contributed by atoms with Gasteiger partial charge in [0.2, 0.25) is 0 Å². The second-order valence-electron chi connectivity index (χ2n) is 3.28. The Morgan fingerprint density at radius 3 is 2.75 bits per heavy atom. The van der Waals surface area contributed by atoms with Crippen molar-refractivity contribution < 1.29 is 0 Å². The molecule has 66 valence electrons. The van der Waals surface area contributed by atoms with Crippen LogP contribution in [0.2, 0.25) is 0 Å². The van der Waals surface area contributed by atoms with Crippen molar-refractivity contribution in [2.24, 2.45) is 7.05 Å². The number of hydrogen-bond donors (Lipinski definition) is 0. The summed E-state index contributed by atoms with van der Waals surface area (Å²) >= 11 is 0. The highest BCUT2D eigenvalue weighted by atomic mass is 16.2. The van der Waals surface area contributed by atoms with Crippen LogP contribution in [0.5, 0.6) is 0 Å². The van der Waals surface area contributed by atoms with Gasteiger partial charge in [-0.1, -0.05) is 6.92 Å². The highest BCUT2D eigenvalue weighted by Crippen LogP contribution is 2.34. The molecule has 1 saturated carbocycles. The SMILES string of the molecule is CCc1nn(C)c(=O)n1C1CC1. The van der Waals surface area contributed by atoms with Crippen molar-refractivity contribution in [2.45, 2.75) is 32.2 Å². The molecular formula is C8H13N3O. The molecule has 0 bridgehead atoms. The maximum atomic E-state index is 11.5. The minimum atomic E-state index is 0.0364. The fraction of sp³-hybridized carbons (Fsp3) is 0.750. The summed E-state index contributed by atoms with van der Waals surface area (Å²) in [7, 11) is 1.71. The van der Waals surface area contributed by atoms with E-state index in [2.05, 4.69) is 5.10 Å². The van der Waals surface area contributed by atoms with Gasteiger partial charge in [0.25, 0.3) is 0 Å². The van der Waals surface area contributed by atoms with Gasteiger partial charge >= 0.3 is 5.69 Å². The van der Waals surface area contributed by atoms with Crippen LogP contribution < -0.4 is 5.69 Å². The number of aromatic nitrogens is 3. The highest BCUT2D eigenvalue weighted by Gasteiger charge is 2.28. The van der Waals surface area contributed by atoms with Gasteiger partial charge in [0, 0.05) is 19.5 Å². The van der Waals surface area contributed by atoms with Crippen LogP contribution in [0.1, 0.15) is 31.6 Å². The topological polar surface area (TPSA) is 39.8 Å². The molecule has 0 aliphatic heterocycles. The third-order valence-corrected chi connectivity index (χ3v) is 2.25. The number of hydrogen-bond acceptors (Lipinski definition) is 2. The fourth-order valence-corrected chi connectivity index (χ4v) is 1.47. The first kappa shape index (κ1) is 7.58. The van der Waals surface area contributed by atoms with Gasteiger partial charge in [-0.3, -0.25) is 4.57 Å². The molecular weight excluding hydrogens is 154 g/mol. The molecule has 0 aromatic carbocycles. The number of rotatable bonds is 2. The van der Waals surface area contributed by atoms with E-state index in [4.69, 9.17) is 0 Å². The summed E-state index contributed by atoms with van der Waals surface area (Å²) in [6.45, 7) is 2.03. The zero-order chi connectivity index (χ0) is 8.72. The first-order valence-corrected chi connectivity index (χ1v) is 4.38. The molecule has 1 aromatic heterocycles. The second kappa shape index (κ2) is 2.47. The standard InChI is InChI=1S/C8H13N3O/c1-3-7-9-10(2)8(12)11(7)6-4-5-6/h6H,3-5H2,1-2H3. The van der Waals surface area contributed by atoms with Crippen molar-refractivity contribution in [3.63, 3.8) is 0 Å². The molecule has 12 heavy (non-hydrogen) atoms. The van der Waals surface area contributed by atoms with Crippen LogP contribution in [0, 0.1) is 0 Å². The zero-order valence-electron chi connectivity index (χ0n) is 7.45. The van der Waals surface area contributed by atoms with Crippen molar-refractivity contribution >= 4 is 0 Å². The lowest BCUT2D eigenvalue weighted by atomic mass is 10.4. The molecule has 2 rings (SSSR count). The minimum absolute atomic E-state index is 0.0364. The van der Waals surface area contributed by atoms with E-state index in [1.54, 1.807) is 7.05 Å². The van der Waals surface area contributed by atoms with E-state index in [0.29, 0.717) is 6.04 Å². The number of aryl methyl sites for hydroxylation is 2. The summed E-state index contributed by atoms with van der Waals surface area (Å²) in [5.41, 5.74) is 0.0364. The maximum absolute atomic E-state index is 11.5. The van der Waals surface area contributed by atoms with Crippen molar-refractivity contribution in [1.82, 2.24) is 14.3 Å². The smallest absolute Gasteiger partial charge is 0.276 e. The molecule has 0 radical (unpaired) electrons. The monoisotopic (exact) mass is 167 g/mol. The Balaban J connectivity index is 2.53. The molecule has 4 heteroatoms. The van der Waals surface area contributed by atoms with E-state index in [-0.39, 0.29) is 5.69 Å². The Bertz CT molecular complexity index is 346. The van der Waals surface area contributed by atoms with Gasteiger partial charge in [0.15, 0.2) is 0 Å². The van der Waals surface area contributed by atoms with E-state index in [0.717, 1.165) is 25.1 Å². The zero-order valence-corrected chi connectivity index (χ0v) is 7.45. The summed E-state index contributed by atoms with van der Waals surface area (Å²) < 4.78 is 3.26. The first-order chi connectivity index (χ1) is 5.74. The molecule has 0 spiro atoms. The Labute approximate surface area is 70.8 Å². The second-order valence-corrected chi connectivity index (χ2v) is 3.28. The molecule has 0 saturated heterocycles. The van der Waals surface area contributed by atoms with E-state index < -0.39 is 0 Å². The quantitative estimate of drug-likeness (QED) is 0.642. The van der Waals surface area contributed by atoms with Gasteiger partial charge in [-0.2, -0.15) is 5.10 Å². The molecule has 0 N–H and O–H groups in total. The van der Waals surface area contributed by atoms with Gasteiger partial charge in [-0.05, 0) is 12.8 Å². The molecule has 1 aliphatic carbocycles. The summed E-state index contributed by atoms with van der Waals surface area (Å²) in [6, 6.07) is 0.446. The molecule has 1 fully saturated rings. The van der Waals surface area contributed by atoms with Crippen LogP contribution in [-0.2, 0) is 13.5 Å². The molecule has 0 atom stereocenters. The van der Waals surface area contributed by atoms with Crippen LogP contribution in [-0.4, -0.2) is 14.3 Å². The third-order valence-electron chi connectivity index (χ3n) is 2.25. The third kappa shape index (κ3) is 0.983. The van der Waals surface area contributed by atoms with Crippen LogP contribution in [0.25, 0.3) is 0 Å². The normalized spacial score (nSPS) is 16.8. The van der Waals surface area contributed by atoms with E-state index in [1.807, 2.05) is 11.5 Å². The Morgan fingerprint density at radius 2 is 2.25 bits per heavy atom. The van der Waals surface area contributed by atoms with E-state index in [9.17, 15) is 4.79 Å². The van der Waals surface area contributed by atoms with Crippen LogP contribution in [0.4, 0.5) is 0 Å². The lowest BCUT2D eigenvalue weighted by molar-refractivity contribution is 0.652. The molecule has 4 nitrogen and oxygen atoms in total. The summed E-state index contributed by atoms with van der Waals surface area (Å²) in [5.74, 6) is 0.921. The van der Waals surface area contributed by atoms with E-state index >= 15 is 0 Å². The molecule has 0 unspecified atom stereocenters. The van der Waals surface area contributed by atoms with Crippen molar-refractivity contribution in [1.29, 1.82) is 0 Å². The molecule has 0 amide bonds. The van der Waals surface area contributed by atoms with Crippen LogP contribution in [0.3, 0.4) is 0 Å². The Morgan fingerprint density at radius 1 is 1.58 bits per heavy atom. The summed E-state index contributed by atoms with van der Waals surface area (Å²) in [5, 5.41) is 4.16. The van der Waals surface area contributed by atoms with Crippen molar-refractivity contribution in [3.8, 4) is 0 Å². The highest BCUT2D eigenvalue weighted by molar-refractivity contribution is 4.95. The molecule has 1 heterocycles. The predicted octanol–water partition coefficient (Wildman–Crippen LogP) is 0.479. The first-order valence-electron chi connectivity index (χ1n) is 4.38. The van der Waals surface area contributed by atoms with Gasteiger partial charge < -0.3 is 0 Å².